The molecule has 1 fully saturated rings. The molecule has 0 aromatic rings. The second-order valence-corrected chi connectivity index (χ2v) is 2.25. The maximum atomic E-state index is 5.20. The fraction of sp³-hybridized carbons (Fsp3) is 0.500. The van der Waals surface area contributed by atoms with E-state index in [1.807, 2.05) is 6.08 Å². The highest BCUT2D eigenvalue weighted by molar-refractivity contribution is 5.06. The summed E-state index contributed by atoms with van der Waals surface area (Å²) in [6.45, 7) is 3.69. The van der Waals surface area contributed by atoms with Crippen LogP contribution in [0.5, 0.6) is 0 Å². The van der Waals surface area contributed by atoms with E-state index in [-0.39, 0.29) is 0 Å². The molecule has 0 aromatic carbocycles. The molecule has 8 heavy (non-hydrogen) atoms. The van der Waals surface area contributed by atoms with Crippen LogP contribution in [0, 0.1) is 24.2 Å². The van der Waals surface area contributed by atoms with E-state index in [1.165, 1.54) is 12.8 Å². The summed E-state index contributed by atoms with van der Waals surface area (Å²) in [5, 5.41) is 0. The molecule has 0 bridgehead atoms. The van der Waals surface area contributed by atoms with Gasteiger partial charge in [-0.25, -0.2) is 0 Å². The van der Waals surface area contributed by atoms with Crippen molar-refractivity contribution in [3.63, 3.8) is 0 Å². The molecule has 1 aliphatic carbocycles. The number of hydrogen-bond acceptors (Lipinski definition) is 0. The molecule has 0 heteroatoms. The predicted molar refractivity (Wildman–Crippen MR) is 35.2 cm³/mol. The Labute approximate surface area is 50.6 Å². The standard InChI is InChI=1S/C8H10/c1-3-7-5-6-8(7)4-2/h1,4,7-8H,2,5-6H2/t7-,8+/m1/s1. The van der Waals surface area contributed by atoms with Gasteiger partial charge in [-0.3, -0.25) is 0 Å². The highest BCUT2D eigenvalue weighted by atomic mass is 14.3. The molecule has 2 atom stereocenters. The molecule has 0 unspecified atom stereocenters. The second kappa shape index (κ2) is 2.05. The number of terminal acetylenes is 1. The van der Waals surface area contributed by atoms with Gasteiger partial charge in [-0.1, -0.05) is 6.08 Å². The van der Waals surface area contributed by atoms with E-state index in [2.05, 4.69) is 12.5 Å². The molecule has 0 aliphatic heterocycles. The summed E-state index contributed by atoms with van der Waals surface area (Å²) < 4.78 is 0. The van der Waals surface area contributed by atoms with Crippen LogP contribution in [0.4, 0.5) is 0 Å². The van der Waals surface area contributed by atoms with E-state index in [9.17, 15) is 0 Å². The number of allylic oxidation sites excluding steroid dienone is 1. The van der Waals surface area contributed by atoms with Gasteiger partial charge >= 0.3 is 0 Å². The summed E-state index contributed by atoms with van der Waals surface area (Å²) in [4.78, 5) is 0. The lowest BCUT2D eigenvalue weighted by Crippen LogP contribution is -2.21. The van der Waals surface area contributed by atoms with Crippen LogP contribution >= 0.6 is 0 Å². The van der Waals surface area contributed by atoms with E-state index in [0.29, 0.717) is 11.8 Å². The highest BCUT2D eigenvalue weighted by Gasteiger charge is 2.25. The fourth-order valence-corrected chi connectivity index (χ4v) is 1.01. The normalized spacial score (nSPS) is 34.9. The first kappa shape index (κ1) is 5.44. The zero-order valence-corrected chi connectivity index (χ0v) is 4.93. The van der Waals surface area contributed by atoms with E-state index in [0.717, 1.165) is 0 Å². The van der Waals surface area contributed by atoms with Crippen molar-refractivity contribution in [2.24, 2.45) is 11.8 Å². The Balaban J connectivity index is 2.40. The first-order valence-electron chi connectivity index (χ1n) is 2.97. The van der Waals surface area contributed by atoms with Gasteiger partial charge in [0.25, 0.3) is 0 Å². The van der Waals surface area contributed by atoms with Crippen LogP contribution in [0.25, 0.3) is 0 Å². The molecule has 0 N–H and O–H groups in total. The van der Waals surface area contributed by atoms with E-state index in [4.69, 9.17) is 6.42 Å². The zero-order valence-electron chi connectivity index (χ0n) is 4.93. The fourth-order valence-electron chi connectivity index (χ4n) is 1.01. The van der Waals surface area contributed by atoms with Crippen LogP contribution in [-0.2, 0) is 0 Å². The Morgan fingerprint density at radius 3 is 2.50 bits per heavy atom. The summed E-state index contributed by atoms with van der Waals surface area (Å²) in [7, 11) is 0. The minimum atomic E-state index is 0.507. The molecule has 0 nitrogen and oxygen atoms in total. The third kappa shape index (κ3) is 0.648. The van der Waals surface area contributed by atoms with Gasteiger partial charge in [-0.15, -0.1) is 18.9 Å². The van der Waals surface area contributed by atoms with Crippen molar-refractivity contribution in [1.29, 1.82) is 0 Å². The van der Waals surface area contributed by atoms with Crippen LogP contribution in [0.15, 0.2) is 12.7 Å². The topological polar surface area (TPSA) is 0 Å². The third-order valence-electron chi connectivity index (χ3n) is 1.84. The van der Waals surface area contributed by atoms with Gasteiger partial charge in [0.15, 0.2) is 0 Å². The molecular weight excluding hydrogens is 96.1 g/mol. The maximum Gasteiger partial charge on any atom is 0.0263 e. The molecule has 42 valence electrons. The average Bonchev–Trinajstić information content (AvgIpc) is 1.66. The first-order chi connectivity index (χ1) is 3.88. The molecule has 0 heterocycles. The van der Waals surface area contributed by atoms with Gasteiger partial charge in [-0.05, 0) is 18.8 Å². The van der Waals surface area contributed by atoms with Gasteiger partial charge in [-0.2, -0.15) is 0 Å². The highest BCUT2D eigenvalue weighted by Crippen LogP contribution is 2.33. The SMILES string of the molecule is C#C[C@@H]1CC[C@@H]1C=C. The quantitative estimate of drug-likeness (QED) is 0.353. The molecule has 1 saturated carbocycles. The molecule has 1 aliphatic rings. The molecular formula is C8H10. The monoisotopic (exact) mass is 106 g/mol. The largest absolute Gasteiger partial charge is 0.120 e. The summed E-state index contributed by atoms with van der Waals surface area (Å²) in [5.41, 5.74) is 0. The van der Waals surface area contributed by atoms with Crippen molar-refractivity contribution >= 4 is 0 Å². The Morgan fingerprint density at radius 2 is 2.38 bits per heavy atom. The lowest BCUT2D eigenvalue weighted by atomic mass is 9.74. The average molecular weight is 106 g/mol. The summed E-state index contributed by atoms with van der Waals surface area (Å²) in [6.07, 6.45) is 9.62. The van der Waals surface area contributed by atoms with Crippen LogP contribution in [0.3, 0.4) is 0 Å². The van der Waals surface area contributed by atoms with Crippen molar-refractivity contribution in [2.45, 2.75) is 12.8 Å². The van der Waals surface area contributed by atoms with Crippen molar-refractivity contribution < 1.29 is 0 Å². The number of hydrogen-bond donors (Lipinski definition) is 0. The van der Waals surface area contributed by atoms with Crippen LogP contribution in [0.1, 0.15) is 12.8 Å². The van der Waals surface area contributed by atoms with Gasteiger partial charge in [0.1, 0.15) is 0 Å². The van der Waals surface area contributed by atoms with Crippen molar-refractivity contribution in [2.75, 3.05) is 0 Å². The zero-order chi connectivity index (χ0) is 5.98. The summed E-state index contributed by atoms with van der Waals surface area (Å²) in [5.74, 6) is 3.86. The lowest BCUT2D eigenvalue weighted by Gasteiger charge is -2.29. The Bertz CT molecular complexity index is 127. The lowest BCUT2D eigenvalue weighted by molar-refractivity contribution is 0.298. The number of rotatable bonds is 1. The summed E-state index contributed by atoms with van der Waals surface area (Å²) >= 11 is 0. The Morgan fingerprint density at radius 1 is 1.62 bits per heavy atom. The van der Waals surface area contributed by atoms with Crippen LogP contribution in [0.2, 0.25) is 0 Å². The van der Waals surface area contributed by atoms with Crippen LogP contribution < -0.4 is 0 Å². The predicted octanol–water partition coefficient (Wildman–Crippen LogP) is 1.83. The van der Waals surface area contributed by atoms with Gasteiger partial charge in [0.2, 0.25) is 0 Å². The van der Waals surface area contributed by atoms with E-state index >= 15 is 0 Å². The molecule has 0 aromatic heterocycles. The minimum Gasteiger partial charge on any atom is -0.120 e. The van der Waals surface area contributed by atoms with Crippen molar-refractivity contribution in [1.82, 2.24) is 0 Å². The first-order valence-corrected chi connectivity index (χ1v) is 2.97. The Kier molecular flexibility index (Phi) is 1.39. The van der Waals surface area contributed by atoms with Gasteiger partial charge in [0, 0.05) is 5.92 Å². The second-order valence-electron chi connectivity index (χ2n) is 2.25. The molecule has 0 saturated heterocycles. The molecule has 0 radical (unpaired) electrons. The smallest absolute Gasteiger partial charge is 0.0263 e. The maximum absolute atomic E-state index is 5.20. The van der Waals surface area contributed by atoms with Gasteiger partial charge in [0.05, 0.1) is 0 Å². The van der Waals surface area contributed by atoms with Gasteiger partial charge < -0.3 is 0 Å². The van der Waals surface area contributed by atoms with E-state index < -0.39 is 0 Å². The Hall–Kier alpha value is -0.700. The molecule has 1 rings (SSSR count). The summed E-state index contributed by atoms with van der Waals surface area (Å²) in [6, 6.07) is 0. The third-order valence-corrected chi connectivity index (χ3v) is 1.84. The van der Waals surface area contributed by atoms with Crippen molar-refractivity contribution in [3.8, 4) is 12.3 Å². The van der Waals surface area contributed by atoms with Crippen molar-refractivity contribution in [3.05, 3.63) is 12.7 Å². The molecule has 0 amide bonds. The molecule has 0 spiro atoms. The van der Waals surface area contributed by atoms with E-state index in [1.54, 1.807) is 0 Å². The van der Waals surface area contributed by atoms with Crippen LogP contribution in [-0.4, -0.2) is 0 Å². The minimum absolute atomic E-state index is 0.507.